The number of sulfone groups is 1. The number of carbonyl (C=O) groups is 1. The molecule has 0 spiro atoms. The standard InChI is InChI=1S/C23H23F3N2O3S/c1-32(30,31)8-2-3-20(29)27-17-9-14(10-17)21-18-11-16(25)12-19(26)23(18)28-22(21)13-4-6-15(24)7-5-13/h4-7,11-12,14,17,28H,2-3,8-10H2,1H3,(H,27,29)/t14-,17-. The normalized spacial score (nSPS) is 18.5. The molecule has 1 fully saturated rings. The van der Waals surface area contributed by atoms with Gasteiger partial charge in [0.1, 0.15) is 27.3 Å². The third kappa shape index (κ3) is 4.82. The Balaban J connectivity index is 1.54. The fraction of sp³-hybridized carbons (Fsp3) is 0.348. The topological polar surface area (TPSA) is 79.0 Å². The van der Waals surface area contributed by atoms with Crippen LogP contribution in [0.5, 0.6) is 0 Å². The van der Waals surface area contributed by atoms with Gasteiger partial charge in [-0.15, -0.1) is 0 Å². The number of H-pyrrole nitrogens is 1. The number of hydrogen-bond acceptors (Lipinski definition) is 3. The molecule has 1 aliphatic carbocycles. The number of halogens is 3. The Morgan fingerprint density at radius 3 is 2.44 bits per heavy atom. The molecule has 0 saturated heterocycles. The first-order valence-corrected chi connectivity index (χ1v) is 12.4. The van der Waals surface area contributed by atoms with Crippen molar-refractivity contribution in [2.75, 3.05) is 12.0 Å². The fourth-order valence-electron chi connectivity index (χ4n) is 4.27. The van der Waals surface area contributed by atoms with Crippen LogP contribution in [0.3, 0.4) is 0 Å². The summed E-state index contributed by atoms with van der Waals surface area (Å²) >= 11 is 0. The number of benzene rings is 2. The molecule has 5 nitrogen and oxygen atoms in total. The number of carbonyl (C=O) groups excluding carboxylic acids is 1. The van der Waals surface area contributed by atoms with Gasteiger partial charge in [0.2, 0.25) is 5.91 Å². The van der Waals surface area contributed by atoms with Gasteiger partial charge in [0.15, 0.2) is 0 Å². The predicted molar refractivity (Wildman–Crippen MR) is 116 cm³/mol. The molecule has 0 atom stereocenters. The second-order valence-corrected chi connectivity index (χ2v) is 10.7. The van der Waals surface area contributed by atoms with E-state index in [0.29, 0.717) is 29.5 Å². The van der Waals surface area contributed by atoms with Crippen LogP contribution in [-0.2, 0) is 14.6 Å². The molecule has 0 radical (unpaired) electrons. The van der Waals surface area contributed by atoms with Gasteiger partial charge in [-0.3, -0.25) is 4.79 Å². The molecule has 4 rings (SSSR count). The van der Waals surface area contributed by atoms with Crippen LogP contribution in [0.15, 0.2) is 36.4 Å². The monoisotopic (exact) mass is 464 g/mol. The molecule has 1 aromatic heterocycles. The lowest BCUT2D eigenvalue weighted by atomic mass is 9.74. The average Bonchev–Trinajstić information content (AvgIpc) is 3.03. The van der Waals surface area contributed by atoms with Crippen LogP contribution < -0.4 is 5.32 Å². The van der Waals surface area contributed by atoms with Gasteiger partial charge in [-0.05, 0) is 66.6 Å². The lowest BCUT2D eigenvalue weighted by molar-refractivity contribution is -0.122. The van der Waals surface area contributed by atoms with E-state index in [9.17, 15) is 26.4 Å². The van der Waals surface area contributed by atoms with E-state index in [1.165, 1.54) is 18.2 Å². The van der Waals surface area contributed by atoms with E-state index < -0.39 is 27.3 Å². The third-order valence-corrected chi connectivity index (χ3v) is 6.86. The van der Waals surface area contributed by atoms with E-state index in [2.05, 4.69) is 10.3 Å². The van der Waals surface area contributed by atoms with E-state index in [0.717, 1.165) is 17.9 Å². The molecule has 0 bridgehead atoms. The number of aromatic amines is 1. The third-order valence-electron chi connectivity index (χ3n) is 5.83. The maximum Gasteiger partial charge on any atom is 0.220 e. The summed E-state index contributed by atoms with van der Waals surface area (Å²) in [5, 5.41) is 3.33. The van der Waals surface area contributed by atoms with Crippen molar-refractivity contribution in [1.29, 1.82) is 0 Å². The van der Waals surface area contributed by atoms with Crippen LogP contribution in [-0.4, -0.2) is 37.4 Å². The van der Waals surface area contributed by atoms with Gasteiger partial charge in [-0.1, -0.05) is 0 Å². The molecule has 9 heteroatoms. The first kappa shape index (κ1) is 22.4. The Labute approximate surface area is 183 Å². The quantitative estimate of drug-likeness (QED) is 0.543. The lowest BCUT2D eigenvalue weighted by Crippen LogP contribution is -2.43. The van der Waals surface area contributed by atoms with Gasteiger partial charge in [0.05, 0.1) is 17.0 Å². The average molecular weight is 465 g/mol. The number of fused-ring (bicyclic) bond motifs is 1. The number of hydrogen-bond donors (Lipinski definition) is 2. The van der Waals surface area contributed by atoms with Gasteiger partial charge in [0.25, 0.3) is 0 Å². The fourth-order valence-corrected chi connectivity index (χ4v) is 4.94. The van der Waals surface area contributed by atoms with Gasteiger partial charge in [-0.25, -0.2) is 21.6 Å². The molecule has 2 aromatic carbocycles. The Morgan fingerprint density at radius 1 is 1.09 bits per heavy atom. The molecule has 1 amide bonds. The summed E-state index contributed by atoms with van der Waals surface area (Å²) in [4.78, 5) is 15.1. The summed E-state index contributed by atoms with van der Waals surface area (Å²) < 4.78 is 64.2. The molecule has 3 aromatic rings. The Hall–Kier alpha value is -2.81. The van der Waals surface area contributed by atoms with Crippen molar-refractivity contribution < 1.29 is 26.4 Å². The van der Waals surface area contributed by atoms with E-state index in [1.807, 2.05) is 0 Å². The molecule has 0 unspecified atom stereocenters. The molecule has 2 N–H and O–H groups in total. The van der Waals surface area contributed by atoms with Crippen molar-refractivity contribution in [3.63, 3.8) is 0 Å². The Morgan fingerprint density at radius 2 is 1.78 bits per heavy atom. The number of nitrogens with one attached hydrogen (secondary N) is 2. The number of rotatable bonds is 7. The summed E-state index contributed by atoms with van der Waals surface area (Å²) in [6.45, 7) is 0. The molecular weight excluding hydrogens is 441 g/mol. The van der Waals surface area contributed by atoms with Crippen molar-refractivity contribution >= 4 is 26.6 Å². The molecular formula is C23H23F3N2O3S. The highest BCUT2D eigenvalue weighted by atomic mass is 32.2. The maximum absolute atomic E-state index is 14.4. The van der Waals surface area contributed by atoms with Crippen LogP contribution in [0.25, 0.3) is 22.2 Å². The minimum atomic E-state index is -3.11. The van der Waals surface area contributed by atoms with Gasteiger partial charge >= 0.3 is 0 Å². The van der Waals surface area contributed by atoms with Crippen LogP contribution in [0, 0.1) is 17.5 Å². The minimum absolute atomic E-state index is 0.0405. The molecule has 1 aliphatic rings. The molecule has 170 valence electrons. The van der Waals surface area contributed by atoms with Gasteiger partial charge in [0, 0.05) is 30.2 Å². The van der Waals surface area contributed by atoms with Gasteiger partial charge < -0.3 is 10.3 Å². The second kappa shape index (κ2) is 8.61. The van der Waals surface area contributed by atoms with Crippen molar-refractivity contribution in [3.05, 3.63) is 59.4 Å². The van der Waals surface area contributed by atoms with Crippen molar-refractivity contribution in [2.24, 2.45) is 0 Å². The van der Waals surface area contributed by atoms with E-state index in [1.54, 1.807) is 12.1 Å². The van der Waals surface area contributed by atoms with Crippen LogP contribution in [0.2, 0.25) is 0 Å². The highest BCUT2D eigenvalue weighted by Gasteiger charge is 2.35. The number of aromatic nitrogens is 1. The zero-order valence-electron chi connectivity index (χ0n) is 17.4. The Kier molecular flexibility index (Phi) is 6.03. The first-order valence-electron chi connectivity index (χ1n) is 10.3. The van der Waals surface area contributed by atoms with E-state index >= 15 is 0 Å². The number of amides is 1. The molecule has 1 heterocycles. The van der Waals surface area contributed by atoms with Crippen molar-refractivity contribution in [1.82, 2.24) is 10.3 Å². The molecule has 32 heavy (non-hydrogen) atoms. The SMILES string of the molecule is CS(=O)(=O)CCCC(=O)N[C@H]1C[C@H](c2c(-c3ccc(F)cc3)[nH]c3c(F)cc(F)cc32)C1. The van der Waals surface area contributed by atoms with E-state index in [4.69, 9.17) is 0 Å². The summed E-state index contributed by atoms with van der Waals surface area (Å²) in [6, 6.07) is 7.78. The van der Waals surface area contributed by atoms with Crippen LogP contribution >= 0.6 is 0 Å². The lowest BCUT2D eigenvalue weighted by Gasteiger charge is -2.36. The van der Waals surface area contributed by atoms with Gasteiger partial charge in [-0.2, -0.15) is 0 Å². The van der Waals surface area contributed by atoms with Crippen molar-refractivity contribution in [2.45, 2.75) is 37.6 Å². The molecule has 1 saturated carbocycles. The predicted octanol–water partition coefficient (Wildman–Crippen LogP) is 4.44. The van der Waals surface area contributed by atoms with Crippen LogP contribution in [0.4, 0.5) is 13.2 Å². The minimum Gasteiger partial charge on any atom is -0.353 e. The summed E-state index contributed by atoms with van der Waals surface area (Å²) in [5.74, 6) is -2.09. The molecule has 0 aliphatic heterocycles. The maximum atomic E-state index is 14.4. The Bertz CT molecular complexity index is 1260. The highest BCUT2D eigenvalue weighted by molar-refractivity contribution is 7.90. The smallest absolute Gasteiger partial charge is 0.220 e. The summed E-state index contributed by atoms with van der Waals surface area (Å²) in [5.41, 5.74) is 2.19. The summed E-state index contributed by atoms with van der Waals surface area (Å²) in [7, 11) is -3.11. The van der Waals surface area contributed by atoms with Crippen molar-refractivity contribution in [3.8, 4) is 11.3 Å². The zero-order valence-corrected chi connectivity index (χ0v) is 18.2. The second-order valence-electron chi connectivity index (χ2n) is 8.40. The first-order chi connectivity index (χ1) is 15.1. The highest BCUT2D eigenvalue weighted by Crippen LogP contribution is 2.45. The summed E-state index contributed by atoms with van der Waals surface area (Å²) in [6.07, 6.45) is 2.68. The van der Waals surface area contributed by atoms with Crippen LogP contribution in [0.1, 0.15) is 37.2 Å². The largest absolute Gasteiger partial charge is 0.353 e. The zero-order chi connectivity index (χ0) is 23.0. The van der Waals surface area contributed by atoms with E-state index in [-0.39, 0.29) is 42.0 Å².